The Hall–Kier alpha value is -0.610. The summed E-state index contributed by atoms with van der Waals surface area (Å²) in [6, 6.07) is 0.0704. The number of nitrogens with zero attached hydrogens (tertiary/aromatic N) is 1. The summed E-state index contributed by atoms with van der Waals surface area (Å²) in [5.74, 6) is -0.125. The second-order valence-electron chi connectivity index (χ2n) is 6.63. The fourth-order valence-electron chi connectivity index (χ4n) is 2.80. The summed E-state index contributed by atoms with van der Waals surface area (Å²) in [5.41, 5.74) is 0.356. The molecule has 1 atom stereocenters. The lowest BCUT2D eigenvalue weighted by Gasteiger charge is -2.39. The monoisotopic (exact) mass is 270 g/mol. The first-order valence-electron chi connectivity index (χ1n) is 7.49. The van der Waals surface area contributed by atoms with E-state index in [0.717, 1.165) is 19.6 Å². The van der Waals surface area contributed by atoms with Crippen molar-refractivity contribution in [1.29, 1.82) is 0 Å². The Morgan fingerprint density at radius 3 is 2.63 bits per heavy atom. The van der Waals surface area contributed by atoms with Crippen molar-refractivity contribution in [2.24, 2.45) is 5.41 Å². The van der Waals surface area contributed by atoms with Crippen molar-refractivity contribution in [1.82, 2.24) is 10.2 Å². The maximum absolute atomic E-state index is 12.0. The third kappa shape index (κ3) is 5.91. The second-order valence-corrected chi connectivity index (χ2v) is 6.63. The van der Waals surface area contributed by atoms with E-state index in [1.807, 2.05) is 6.92 Å². The minimum atomic E-state index is -0.214. The average Bonchev–Trinajstić information content (AvgIpc) is 2.26. The van der Waals surface area contributed by atoms with Gasteiger partial charge in [0.1, 0.15) is 6.04 Å². The first kappa shape index (κ1) is 16.4. The van der Waals surface area contributed by atoms with E-state index in [9.17, 15) is 4.79 Å². The number of carbonyl (C=O) groups excluding carboxylic acids is 1. The van der Waals surface area contributed by atoms with Crippen LogP contribution in [0.4, 0.5) is 0 Å². The Morgan fingerprint density at radius 1 is 1.42 bits per heavy atom. The van der Waals surface area contributed by atoms with Crippen molar-refractivity contribution in [3.05, 3.63) is 0 Å². The Balaban J connectivity index is 2.58. The average molecular weight is 270 g/mol. The summed E-state index contributed by atoms with van der Waals surface area (Å²) in [6.07, 6.45) is 2.48. The first-order chi connectivity index (χ1) is 8.84. The predicted octanol–water partition coefficient (Wildman–Crippen LogP) is 2.04. The molecule has 0 radical (unpaired) electrons. The van der Waals surface area contributed by atoms with E-state index in [-0.39, 0.29) is 18.1 Å². The lowest BCUT2D eigenvalue weighted by atomic mass is 9.84. The van der Waals surface area contributed by atoms with Crippen molar-refractivity contribution in [3.63, 3.8) is 0 Å². The highest BCUT2D eigenvalue weighted by atomic mass is 16.5. The van der Waals surface area contributed by atoms with Crippen LogP contribution < -0.4 is 5.32 Å². The van der Waals surface area contributed by atoms with E-state index < -0.39 is 0 Å². The van der Waals surface area contributed by atoms with Gasteiger partial charge >= 0.3 is 5.97 Å². The molecule has 0 aromatic rings. The van der Waals surface area contributed by atoms with Crippen LogP contribution in [-0.2, 0) is 9.53 Å². The summed E-state index contributed by atoms with van der Waals surface area (Å²) in [4.78, 5) is 14.4. The summed E-state index contributed by atoms with van der Waals surface area (Å²) >= 11 is 0. The van der Waals surface area contributed by atoms with Crippen LogP contribution >= 0.6 is 0 Å². The standard InChI is InChI=1S/C15H30N2O2/c1-6-19-14(18)13(16-12(2)3)10-17-9-7-8-15(4,5)11-17/h12-13,16H,6-11H2,1-5H3. The molecule has 1 fully saturated rings. The van der Waals surface area contributed by atoms with Crippen LogP contribution in [0.1, 0.15) is 47.5 Å². The molecule has 0 spiro atoms. The van der Waals surface area contributed by atoms with Gasteiger partial charge in [0.15, 0.2) is 0 Å². The molecule has 1 aliphatic rings. The quantitative estimate of drug-likeness (QED) is 0.750. The number of carbonyl (C=O) groups is 1. The number of hydrogen-bond donors (Lipinski definition) is 1. The van der Waals surface area contributed by atoms with Gasteiger partial charge in [0, 0.05) is 19.1 Å². The Kier molecular flexibility index (Phi) is 6.27. The van der Waals surface area contributed by atoms with Gasteiger partial charge < -0.3 is 15.0 Å². The maximum Gasteiger partial charge on any atom is 0.324 e. The van der Waals surface area contributed by atoms with Crippen LogP contribution in [0.25, 0.3) is 0 Å². The normalized spacial score (nSPS) is 21.4. The third-order valence-corrected chi connectivity index (χ3v) is 3.53. The van der Waals surface area contributed by atoms with Crippen molar-refractivity contribution >= 4 is 5.97 Å². The summed E-state index contributed by atoms with van der Waals surface area (Å²) < 4.78 is 5.17. The third-order valence-electron chi connectivity index (χ3n) is 3.53. The van der Waals surface area contributed by atoms with Gasteiger partial charge in [-0.15, -0.1) is 0 Å². The van der Waals surface area contributed by atoms with Crippen molar-refractivity contribution in [2.75, 3.05) is 26.2 Å². The molecular formula is C15H30N2O2. The SMILES string of the molecule is CCOC(=O)C(CN1CCCC(C)(C)C1)NC(C)C. The minimum Gasteiger partial charge on any atom is -0.465 e. The minimum absolute atomic E-state index is 0.125. The fraction of sp³-hybridized carbons (Fsp3) is 0.933. The van der Waals surface area contributed by atoms with E-state index in [1.165, 1.54) is 12.8 Å². The molecule has 1 N–H and O–H groups in total. The summed E-state index contributed by atoms with van der Waals surface area (Å²) in [6.45, 7) is 13.9. The van der Waals surface area contributed by atoms with Gasteiger partial charge in [0.05, 0.1) is 6.61 Å². The molecule has 0 aromatic heterocycles. The Morgan fingerprint density at radius 2 is 2.11 bits per heavy atom. The molecule has 1 aliphatic heterocycles. The maximum atomic E-state index is 12.0. The fourth-order valence-corrected chi connectivity index (χ4v) is 2.80. The number of piperidine rings is 1. The highest BCUT2D eigenvalue weighted by molar-refractivity contribution is 5.76. The molecule has 0 saturated carbocycles. The Labute approximate surface area is 117 Å². The molecule has 1 saturated heterocycles. The molecule has 4 nitrogen and oxygen atoms in total. The lowest BCUT2D eigenvalue weighted by Crippen LogP contribution is -2.52. The molecule has 19 heavy (non-hydrogen) atoms. The molecule has 0 aromatic carbocycles. The molecule has 1 unspecified atom stereocenters. The first-order valence-corrected chi connectivity index (χ1v) is 7.49. The van der Waals surface area contributed by atoms with E-state index in [1.54, 1.807) is 0 Å². The molecule has 0 amide bonds. The number of likely N-dealkylation sites (tertiary alicyclic amines) is 1. The van der Waals surface area contributed by atoms with E-state index >= 15 is 0 Å². The summed E-state index contributed by atoms with van der Waals surface area (Å²) in [5, 5.41) is 3.32. The highest BCUT2D eigenvalue weighted by Crippen LogP contribution is 2.28. The zero-order valence-electron chi connectivity index (χ0n) is 13.2. The van der Waals surface area contributed by atoms with Crippen LogP contribution in [0.3, 0.4) is 0 Å². The molecular weight excluding hydrogens is 240 g/mol. The lowest BCUT2D eigenvalue weighted by molar-refractivity contribution is -0.146. The Bertz CT molecular complexity index is 290. The predicted molar refractivity (Wildman–Crippen MR) is 78.1 cm³/mol. The number of rotatable bonds is 6. The van der Waals surface area contributed by atoms with Crippen molar-refractivity contribution in [2.45, 2.75) is 59.5 Å². The van der Waals surface area contributed by atoms with E-state index in [2.05, 4.69) is 37.9 Å². The smallest absolute Gasteiger partial charge is 0.324 e. The van der Waals surface area contributed by atoms with E-state index in [4.69, 9.17) is 4.74 Å². The van der Waals surface area contributed by atoms with Crippen LogP contribution in [0.15, 0.2) is 0 Å². The van der Waals surface area contributed by atoms with Crippen LogP contribution in [0.5, 0.6) is 0 Å². The van der Waals surface area contributed by atoms with Gasteiger partial charge in [-0.1, -0.05) is 27.7 Å². The molecule has 1 rings (SSSR count). The molecule has 4 heteroatoms. The largest absolute Gasteiger partial charge is 0.465 e. The highest BCUT2D eigenvalue weighted by Gasteiger charge is 2.30. The van der Waals surface area contributed by atoms with Crippen molar-refractivity contribution < 1.29 is 9.53 Å². The van der Waals surface area contributed by atoms with Gasteiger partial charge in [0.25, 0.3) is 0 Å². The van der Waals surface area contributed by atoms with Gasteiger partial charge in [0.2, 0.25) is 0 Å². The van der Waals surface area contributed by atoms with E-state index in [0.29, 0.717) is 12.0 Å². The number of esters is 1. The van der Waals surface area contributed by atoms with Gasteiger partial charge in [-0.05, 0) is 31.7 Å². The molecule has 0 bridgehead atoms. The molecule has 0 aliphatic carbocycles. The molecule has 1 heterocycles. The molecule has 112 valence electrons. The number of ether oxygens (including phenoxy) is 1. The van der Waals surface area contributed by atoms with Crippen LogP contribution in [0.2, 0.25) is 0 Å². The van der Waals surface area contributed by atoms with Gasteiger partial charge in [-0.2, -0.15) is 0 Å². The van der Waals surface area contributed by atoms with Gasteiger partial charge in [-0.3, -0.25) is 4.79 Å². The van der Waals surface area contributed by atoms with Crippen LogP contribution in [0, 0.1) is 5.41 Å². The number of hydrogen-bond acceptors (Lipinski definition) is 4. The topological polar surface area (TPSA) is 41.6 Å². The zero-order valence-corrected chi connectivity index (χ0v) is 13.2. The zero-order chi connectivity index (χ0) is 14.5. The van der Waals surface area contributed by atoms with Gasteiger partial charge in [-0.25, -0.2) is 0 Å². The number of nitrogens with one attached hydrogen (secondary N) is 1. The summed E-state index contributed by atoms with van der Waals surface area (Å²) in [7, 11) is 0. The van der Waals surface area contributed by atoms with Crippen molar-refractivity contribution in [3.8, 4) is 0 Å². The second kappa shape index (κ2) is 7.25. The van der Waals surface area contributed by atoms with Crippen LogP contribution in [-0.4, -0.2) is 49.2 Å².